The molecular formula is C26H26Cl2N4. The molecule has 0 saturated carbocycles. The van der Waals surface area contributed by atoms with Crippen LogP contribution in [0.15, 0.2) is 78.9 Å². The summed E-state index contributed by atoms with van der Waals surface area (Å²) in [5.74, 6) is 0. The lowest BCUT2D eigenvalue weighted by Crippen LogP contribution is -2.21. The second-order valence-electron chi connectivity index (χ2n) is 7.72. The van der Waals surface area contributed by atoms with E-state index in [0.29, 0.717) is 23.1 Å². The van der Waals surface area contributed by atoms with Crippen molar-refractivity contribution in [3.63, 3.8) is 0 Å². The molecule has 0 saturated heterocycles. The van der Waals surface area contributed by atoms with Crippen LogP contribution in [0.2, 0.25) is 10.0 Å². The molecule has 0 aliphatic carbocycles. The number of nitrogens with zero attached hydrogens (tertiary/aromatic N) is 3. The van der Waals surface area contributed by atoms with Crippen molar-refractivity contribution in [1.82, 2.24) is 20.3 Å². The summed E-state index contributed by atoms with van der Waals surface area (Å²) < 4.78 is 0. The Morgan fingerprint density at radius 3 is 2.16 bits per heavy atom. The van der Waals surface area contributed by atoms with Gasteiger partial charge in [-0.2, -0.15) is 15.0 Å². The van der Waals surface area contributed by atoms with Crippen LogP contribution in [0, 0.1) is 0 Å². The smallest absolute Gasteiger partial charge is 0.117 e. The molecule has 164 valence electrons. The highest BCUT2D eigenvalue weighted by atomic mass is 35.5. The zero-order valence-corrected chi connectivity index (χ0v) is 19.5. The van der Waals surface area contributed by atoms with Crippen LogP contribution in [-0.2, 0) is 13.1 Å². The summed E-state index contributed by atoms with van der Waals surface area (Å²) >= 11 is 12.8. The molecule has 32 heavy (non-hydrogen) atoms. The topological polar surface area (TPSA) is 42.7 Å². The van der Waals surface area contributed by atoms with Crippen LogP contribution in [0.4, 0.5) is 0 Å². The van der Waals surface area contributed by atoms with E-state index < -0.39 is 0 Å². The summed E-state index contributed by atoms with van der Waals surface area (Å²) in [6, 6.07) is 26.5. The normalized spacial score (nSPS) is 12.1. The van der Waals surface area contributed by atoms with Crippen molar-refractivity contribution >= 4 is 23.2 Å². The van der Waals surface area contributed by atoms with Gasteiger partial charge in [-0.05, 0) is 24.1 Å². The Balaban J connectivity index is 1.63. The van der Waals surface area contributed by atoms with Crippen molar-refractivity contribution in [2.75, 3.05) is 0 Å². The average Bonchev–Trinajstić information content (AvgIpc) is 3.23. The number of hydrogen-bond donors (Lipinski definition) is 1. The molecule has 0 spiro atoms. The van der Waals surface area contributed by atoms with Crippen LogP contribution in [0.1, 0.15) is 42.6 Å². The van der Waals surface area contributed by atoms with E-state index in [0.717, 1.165) is 35.4 Å². The lowest BCUT2D eigenvalue weighted by Gasteiger charge is -2.18. The maximum Gasteiger partial charge on any atom is 0.117 e. The predicted molar refractivity (Wildman–Crippen MR) is 132 cm³/mol. The zero-order valence-electron chi connectivity index (χ0n) is 18.0. The average molecular weight is 465 g/mol. The van der Waals surface area contributed by atoms with E-state index in [9.17, 15) is 0 Å². The van der Waals surface area contributed by atoms with Crippen molar-refractivity contribution in [3.8, 4) is 11.3 Å². The van der Waals surface area contributed by atoms with Crippen LogP contribution < -0.4 is 5.32 Å². The maximum atomic E-state index is 6.38. The molecule has 0 radical (unpaired) electrons. The zero-order chi connectivity index (χ0) is 22.3. The molecule has 0 bridgehead atoms. The molecule has 6 heteroatoms. The van der Waals surface area contributed by atoms with E-state index in [1.54, 1.807) is 4.80 Å². The Morgan fingerprint density at radius 2 is 1.50 bits per heavy atom. The Morgan fingerprint density at radius 1 is 0.844 bits per heavy atom. The largest absolute Gasteiger partial charge is 0.304 e. The summed E-state index contributed by atoms with van der Waals surface area (Å²) in [6.07, 6.45) is 2.14. The van der Waals surface area contributed by atoms with Crippen molar-refractivity contribution in [1.29, 1.82) is 0 Å². The van der Waals surface area contributed by atoms with Gasteiger partial charge in [0.25, 0.3) is 0 Å². The third kappa shape index (κ3) is 5.39. The first-order valence-electron chi connectivity index (χ1n) is 10.9. The fourth-order valence-corrected chi connectivity index (χ4v) is 4.31. The summed E-state index contributed by atoms with van der Waals surface area (Å²) in [7, 11) is 0. The molecule has 1 aromatic heterocycles. The van der Waals surface area contributed by atoms with Crippen molar-refractivity contribution in [2.24, 2.45) is 0 Å². The number of nitrogens with one attached hydrogen (secondary N) is 1. The van der Waals surface area contributed by atoms with Crippen molar-refractivity contribution in [2.45, 2.75) is 38.9 Å². The second-order valence-corrected chi connectivity index (χ2v) is 8.54. The summed E-state index contributed by atoms with van der Waals surface area (Å²) in [5, 5.41) is 14.5. The monoisotopic (exact) mass is 464 g/mol. The van der Waals surface area contributed by atoms with Crippen LogP contribution in [0.5, 0.6) is 0 Å². The van der Waals surface area contributed by atoms with E-state index in [1.165, 1.54) is 5.56 Å². The van der Waals surface area contributed by atoms with Gasteiger partial charge in [-0.3, -0.25) is 0 Å². The molecule has 0 fully saturated rings. The van der Waals surface area contributed by atoms with Gasteiger partial charge >= 0.3 is 0 Å². The predicted octanol–water partition coefficient (Wildman–Crippen LogP) is 6.93. The minimum atomic E-state index is 0.257. The Kier molecular flexibility index (Phi) is 7.59. The molecular weight excluding hydrogens is 439 g/mol. The highest BCUT2D eigenvalue weighted by molar-refractivity contribution is 6.35. The SMILES string of the molecule is CCC[C@H](NCc1nn(Cc2c(Cl)cccc2Cl)nc1-c1ccccc1)c1ccccc1. The van der Waals surface area contributed by atoms with Gasteiger partial charge in [-0.15, -0.1) is 0 Å². The molecule has 1 atom stereocenters. The third-order valence-corrected chi connectivity index (χ3v) is 6.14. The van der Waals surface area contributed by atoms with Gasteiger partial charge in [0.1, 0.15) is 11.4 Å². The second kappa shape index (κ2) is 10.8. The fraction of sp³-hybridized carbons (Fsp3) is 0.231. The van der Waals surface area contributed by atoms with Crippen molar-refractivity contribution < 1.29 is 0 Å². The van der Waals surface area contributed by atoms with E-state index in [-0.39, 0.29) is 6.04 Å². The number of rotatable bonds is 9. The Labute approximate surface area is 199 Å². The quantitative estimate of drug-likeness (QED) is 0.291. The third-order valence-electron chi connectivity index (χ3n) is 5.43. The molecule has 3 aromatic carbocycles. The maximum absolute atomic E-state index is 6.38. The minimum Gasteiger partial charge on any atom is -0.304 e. The first-order valence-corrected chi connectivity index (χ1v) is 11.6. The van der Waals surface area contributed by atoms with Crippen LogP contribution >= 0.6 is 23.2 Å². The number of benzene rings is 3. The van der Waals surface area contributed by atoms with E-state index in [4.69, 9.17) is 33.4 Å². The van der Waals surface area contributed by atoms with Gasteiger partial charge in [0.2, 0.25) is 0 Å². The number of hydrogen-bond acceptors (Lipinski definition) is 3. The molecule has 0 unspecified atom stereocenters. The van der Waals surface area contributed by atoms with E-state index >= 15 is 0 Å². The first kappa shape index (κ1) is 22.5. The van der Waals surface area contributed by atoms with Gasteiger partial charge < -0.3 is 5.32 Å². The van der Waals surface area contributed by atoms with Crippen molar-refractivity contribution in [3.05, 3.63) is 106 Å². The van der Waals surface area contributed by atoms with Gasteiger partial charge in [0.05, 0.1) is 6.54 Å². The van der Waals surface area contributed by atoms with Gasteiger partial charge in [0.15, 0.2) is 0 Å². The lowest BCUT2D eigenvalue weighted by atomic mass is 10.0. The van der Waals surface area contributed by atoms with Gasteiger partial charge in [-0.1, -0.05) is 103 Å². The van der Waals surface area contributed by atoms with Gasteiger partial charge in [-0.25, -0.2) is 0 Å². The number of halogens is 2. The molecule has 0 aliphatic rings. The highest BCUT2D eigenvalue weighted by Crippen LogP contribution is 2.27. The van der Waals surface area contributed by atoms with Gasteiger partial charge in [0, 0.05) is 33.8 Å². The minimum absolute atomic E-state index is 0.257. The van der Waals surface area contributed by atoms with Crippen LogP contribution in [-0.4, -0.2) is 15.0 Å². The fourth-order valence-electron chi connectivity index (χ4n) is 3.80. The molecule has 0 amide bonds. The van der Waals surface area contributed by atoms with Crippen LogP contribution in [0.25, 0.3) is 11.3 Å². The van der Waals surface area contributed by atoms with E-state index in [1.807, 2.05) is 42.5 Å². The molecule has 4 rings (SSSR count). The molecule has 4 aromatic rings. The first-order chi connectivity index (χ1) is 15.7. The van der Waals surface area contributed by atoms with Crippen LogP contribution in [0.3, 0.4) is 0 Å². The summed E-state index contributed by atoms with van der Waals surface area (Å²) in [5.41, 5.74) is 4.90. The van der Waals surface area contributed by atoms with E-state index in [2.05, 4.69) is 48.6 Å². The molecule has 1 heterocycles. The standard InChI is InChI=1S/C26H26Cl2N4/c1-2-10-24(19-11-5-3-6-12-19)29-17-25-26(20-13-7-4-8-14-20)31-32(30-25)18-21-22(27)15-9-16-23(21)28/h3-9,11-16,24,29H,2,10,17-18H2,1H3/t24-/m0/s1. The summed E-state index contributed by atoms with van der Waals surface area (Å²) in [4.78, 5) is 1.68. The number of aromatic nitrogens is 3. The summed E-state index contributed by atoms with van der Waals surface area (Å²) in [6.45, 7) is 3.23. The Bertz CT molecular complexity index is 1120. The Hall–Kier alpha value is -2.66. The highest BCUT2D eigenvalue weighted by Gasteiger charge is 2.17. The molecule has 0 aliphatic heterocycles. The lowest BCUT2D eigenvalue weighted by molar-refractivity contribution is 0.485. The molecule has 1 N–H and O–H groups in total. The molecule has 4 nitrogen and oxygen atoms in total.